The molecule has 0 saturated carbocycles. The molecule has 3 aromatic heterocycles. The molecule has 0 bridgehead atoms. The van der Waals surface area contributed by atoms with Gasteiger partial charge in [-0.25, -0.2) is 0 Å². The molecule has 336 valence electrons. The maximum atomic E-state index is 5.22. The molecule has 1 aliphatic heterocycles. The average molecular weight is 909 g/mol. The third-order valence-electron chi connectivity index (χ3n) is 15.3. The van der Waals surface area contributed by atoms with E-state index in [0.29, 0.717) is 6.54 Å². The van der Waals surface area contributed by atoms with Crippen LogP contribution in [0.2, 0.25) is 0 Å². The first kappa shape index (κ1) is 41.3. The minimum atomic E-state index is 0.128. The largest absolute Gasteiger partial charge is 0.311 e. The third kappa shape index (κ3) is 7.17. The maximum Gasteiger partial charge on any atom is 0.0883 e. The summed E-state index contributed by atoms with van der Waals surface area (Å²) in [5.74, 6) is 0.321. The van der Waals surface area contributed by atoms with Crippen LogP contribution < -0.4 is 0 Å². The monoisotopic (exact) mass is 908 g/mol. The van der Waals surface area contributed by atoms with Crippen molar-refractivity contribution in [3.63, 3.8) is 0 Å². The van der Waals surface area contributed by atoms with Crippen LogP contribution in [-0.4, -0.2) is 26.8 Å². The summed E-state index contributed by atoms with van der Waals surface area (Å²) in [7, 11) is 0. The molecule has 2 atom stereocenters. The van der Waals surface area contributed by atoms with E-state index in [2.05, 4.69) is 222 Å². The van der Waals surface area contributed by atoms with Crippen LogP contribution in [0.15, 0.2) is 224 Å². The quantitative estimate of drug-likeness (QED) is 0.150. The molecule has 3 aliphatic rings. The molecule has 14 rings (SSSR count). The molecule has 2 unspecified atom stereocenters. The van der Waals surface area contributed by atoms with Crippen LogP contribution in [0.5, 0.6) is 0 Å². The van der Waals surface area contributed by atoms with Crippen LogP contribution in [0, 0.1) is 0 Å². The topological polar surface area (TPSA) is 43.1 Å². The van der Waals surface area contributed by atoms with Gasteiger partial charge in [0.05, 0.1) is 35.4 Å². The average Bonchev–Trinajstić information content (AvgIpc) is 3.78. The molecule has 0 amide bonds. The lowest BCUT2D eigenvalue weighted by atomic mass is 9.77. The first-order valence-electron chi connectivity index (χ1n) is 25.0. The van der Waals surface area contributed by atoms with Crippen LogP contribution in [0.3, 0.4) is 0 Å². The van der Waals surface area contributed by atoms with E-state index in [9.17, 15) is 0 Å². The van der Waals surface area contributed by atoms with Gasteiger partial charge in [0.2, 0.25) is 0 Å². The van der Waals surface area contributed by atoms with Gasteiger partial charge in [-0.3, -0.25) is 15.0 Å². The summed E-state index contributed by atoms with van der Waals surface area (Å²) in [6, 6.07) is 65.0. The van der Waals surface area contributed by atoms with Gasteiger partial charge in [-0.2, -0.15) is 0 Å². The molecule has 0 fully saturated rings. The van der Waals surface area contributed by atoms with E-state index in [-0.39, 0.29) is 11.8 Å². The first-order chi connectivity index (χ1) is 35.2. The van der Waals surface area contributed by atoms with Gasteiger partial charge in [0.1, 0.15) is 0 Å². The molecule has 4 heterocycles. The molecule has 71 heavy (non-hydrogen) atoms. The summed E-state index contributed by atoms with van der Waals surface area (Å²) in [6.45, 7) is 0.654. The van der Waals surface area contributed by atoms with E-state index in [1.165, 1.54) is 110 Å². The number of rotatable bonds is 7. The van der Waals surface area contributed by atoms with Crippen molar-refractivity contribution in [3.8, 4) is 39.1 Å². The Labute approximate surface area is 413 Å². The summed E-state index contributed by atoms with van der Waals surface area (Å²) in [5.41, 5.74) is 19.4. The molecule has 0 saturated heterocycles. The van der Waals surface area contributed by atoms with Gasteiger partial charge < -0.3 is 4.57 Å². The van der Waals surface area contributed by atoms with E-state index in [1.54, 1.807) is 0 Å². The standard InChI is InChI=1S/C67H48N4/c1-3-11-43(12-4-1)45-19-21-49-37-52(25-23-47(49)35-45)66-57-16-7-8-17-58(57)67(53-26-24-48-36-46(20-22-50(48)38-53)44-13-5-2-6-14-44)60-39-51(27-30-59(60)66)54-28-31-62(69-40-54)63-32-29-55(41-70-63)71-64-18-10-9-15-56(64)61-42-68-34-33-65(61)71/h1-9,11-17,19-37,39,41-42,53-54H,10,18,38,40H2. The van der Waals surface area contributed by atoms with Gasteiger partial charge >= 0.3 is 0 Å². The van der Waals surface area contributed by atoms with Crippen LogP contribution in [0.25, 0.3) is 94.4 Å². The van der Waals surface area contributed by atoms with Crippen molar-refractivity contribution in [2.75, 3.05) is 6.54 Å². The second-order valence-corrected chi connectivity index (χ2v) is 19.4. The lowest BCUT2D eigenvalue weighted by molar-refractivity contribution is 0.835. The summed E-state index contributed by atoms with van der Waals surface area (Å²) < 4.78 is 2.36. The highest BCUT2D eigenvalue weighted by Gasteiger charge is 2.26. The smallest absolute Gasteiger partial charge is 0.0883 e. The summed E-state index contributed by atoms with van der Waals surface area (Å²) in [6.07, 6.45) is 22.7. The highest BCUT2D eigenvalue weighted by molar-refractivity contribution is 6.16. The van der Waals surface area contributed by atoms with Gasteiger partial charge in [0, 0.05) is 40.9 Å². The van der Waals surface area contributed by atoms with Crippen molar-refractivity contribution in [1.29, 1.82) is 0 Å². The zero-order valence-corrected chi connectivity index (χ0v) is 39.2. The number of hydrogen-bond donors (Lipinski definition) is 0. The van der Waals surface area contributed by atoms with E-state index in [0.717, 1.165) is 36.4 Å². The van der Waals surface area contributed by atoms with Crippen molar-refractivity contribution < 1.29 is 0 Å². The van der Waals surface area contributed by atoms with Gasteiger partial charge in [0.15, 0.2) is 0 Å². The Morgan fingerprint density at radius 3 is 2.04 bits per heavy atom. The third-order valence-corrected chi connectivity index (χ3v) is 15.3. The molecule has 2 aliphatic carbocycles. The van der Waals surface area contributed by atoms with Crippen LogP contribution in [0.1, 0.15) is 57.5 Å². The van der Waals surface area contributed by atoms with Crippen molar-refractivity contribution in [2.45, 2.75) is 31.1 Å². The van der Waals surface area contributed by atoms with E-state index < -0.39 is 0 Å². The number of nitrogens with zero attached hydrogens (tertiary/aromatic N) is 4. The Balaban J connectivity index is 0.846. The molecule has 11 aromatic rings. The molecule has 4 heteroatoms. The molecule has 0 radical (unpaired) electrons. The predicted octanol–water partition coefficient (Wildman–Crippen LogP) is 16.3. The zero-order valence-electron chi connectivity index (χ0n) is 39.2. The molecule has 0 N–H and O–H groups in total. The summed E-state index contributed by atoms with van der Waals surface area (Å²) >= 11 is 0. The molecule has 0 spiro atoms. The number of benzene rings is 8. The number of dihydropyridines is 1. The minimum absolute atomic E-state index is 0.128. The number of fused-ring (bicyclic) bond motifs is 7. The minimum Gasteiger partial charge on any atom is -0.311 e. The first-order valence-corrected chi connectivity index (χ1v) is 25.0. The van der Waals surface area contributed by atoms with E-state index in [4.69, 9.17) is 9.98 Å². The Kier molecular flexibility index (Phi) is 9.91. The van der Waals surface area contributed by atoms with Crippen molar-refractivity contribution in [1.82, 2.24) is 14.5 Å². The molecular weight excluding hydrogens is 861 g/mol. The second kappa shape index (κ2) is 17.0. The predicted molar refractivity (Wildman–Crippen MR) is 297 cm³/mol. The highest BCUT2D eigenvalue weighted by atomic mass is 15.0. The SMILES string of the molecule is C1=Cc2c(n(-c3ccc(C4=NCC(c5ccc6c(-c7ccc8cc(-c9ccccc9)ccc8c7)c7ccccc7c(C7C=Cc8cc(-c9ccccc9)ccc8C7)c6c5)C=C4)nc3)c3ccncc23)CC1. The lowest BCUT2D eigenvalue weighted by Gasteiger charge is -2.26. The Morgan fingerprint density at radius 2 is 1.25 bits per heavy atom. The molecule has 4 nitrogen and oxygen atoms in total. The maximum absolute atomic E-state index is 5.22. The normalized spacial score (nSPS) is 16.1. The lowest BCUT2D eigenvalue weighted by Crippen LogP contribution is -2.12. The van der Waals surface area contributed by atoms with Crippen molar-refractivity contribution >= 4 is 61.1 Å². The number of pyridine rings is 2. The van der Waals surface area contributed by atoms with Crippen LogP contribution in [0.4, 0.5) is 0 Å². The zero-order chi connectivity index (χ0) is 46.8. The Morgan fingerprint density at radius 1 is 0.521 bits per heavy atom. The summed E-state index contributed by atoms with van der Waals surface area (Å²) in [4.78, 5) is 14.7. The highest BCUT2D eigenvalue weighted by Crippen LogP contribution is 2.46. The molecular formula is C67H48N4. The van der Waals surface area contributed by atoms with Gasteiger partial charge in [0.25, 0.3) is 0 Å². The fourth-order valence-corrected chi connectivity index (χ4v) is 11.8. The Bertz CT molecular complexity index is 4040. The van der Waals surface area contributed by atoms with Crippen LogP contribution >= 0.6 is 0 Å². The van der Waals surface area contributed by atoms with Gasteiger partial charge in [-0.15, -0.1) is 0 Å². The fraction of sp³-hybridized carbons (Fsp3) is 0.0896. The summed E-state index contributed by atoms with van der Waals surface area (Å²) in [5, 5.41) is 8.83. The van der Waals surface area contributed by atoms with Gasteiger partial charge in [-0.1, -0.05) is 170 Å². The second-order valence-electron chi connectivity index (χ2n) is 19.4. The number of hydrogen-bond acceptors (Lipinski definition) is 3. The number of aromatic nitrogens is 3. The van der Waals surface area contributed by atoms with Gasteiger partial charge in [-0.05, 0) is 150 Å². The van der Waals surface area contributed by atoms with E-state index in [1.807, 2.05) is 18.6 Å². The number of allylic oxidation sites excluding steroid dienone is 3. The van der Waals surface area contributed by atoms with Crippen LogP contribution in [-0.2, 0) is 12.8 Å². The fourth-order valence-electron chi connectivity index (χ4n) is 11.8. The molecule has 8 aromatic carbocycles. The van der Waals surface area contributed by atoms with Crippen molar-refractivity contribution in [3.05, 3.63) is 258 Å². The van der Waals surface area contributed by atoms with E-state index >= 15 is 0 Å². The number of aliphatic imine (C=N–C) groups is 1. The van der Waals surface area contributed by atoms with Crippen molar-refractivity contribution in [2.24, 2.45) is 4.99 Å². The Hall–Kier alpha value is -8.73.